The molecule has 2 aromatic carbocycles. The van der Waals surface area contributed by atoms with Gasteiger partial charge < -0.3 is 19.6 Å². The molecule has 4 nitrogen and oxygen atoms in total. The lowest BCUT2D eigenvalue weighted by Gasteiger charge is -2.34. The van der Waals surface area contributed by atoms with Gasteiger partial charge in [0.15, 0.2) is 0 Å². The van der Waals surface area contributed by atoms with E-state index in [1.54, 1.807) is 6.07 Å². The van der Waals surface area contributed by atoms with E-state index in [1.165, 1.54) is 22.1 Å². The van der Waals surface area contributed by atoms with Crippen LogP contribution in [0.15, 0.2) is 42.5 Å². The van der Waals surface area contributed by atoms with E-state index in [9.17, 15) is 9.50 Å². The number of piperazine rings is 1. The van der Waals surface area contributed by atoms with Crippen LogP contribution in [0.4, 0.5) is 10.1 Å². The van der Waals surface area contributed by atoms with Gasteiger partial charge in [0.1, 0.15) is 30.8 Å². The lowest BCUT2D eigenvalue weighted by atomic mass is 9.98. The fourth-order valence-corrected chi connectivity index (χ4v) is 3.95. The van der Waals surface area contributed by atoms with Crippen LogP contribution in [0.1, 0.15) is 30.9 Å². The number of rotatable bonds is 7. The molecule has 0 aliphatic carbocycles. The molecule has 3 rings (SSSR count). The van der Waals surface area contributed by atoms with Crippen molar-refractivity contribution >= 4 is 5.69 Å². The second-order valence-electron chi connectivity index (χ2n) is 8.03. The summed E-state index contributed by atoms with van der Waals surface area (Å²) in [6, 6.07) is 13.1. The van der Waals surface area contributed by atoms with Gasteiger partial charge in [-0.2, -0.15) is 0 Å². The molecule has 5 heteroatoms. The molecule has 0 unspecified atom stereocenters. The van der Waals surface area contributed by atoms with E-state index in [0.717, 1.165) is 31.9 Å². The fraction of sp³-hybridized carbons (Fsp3) is 0.478. The zero-order valence-corrected chi connectivity index (χ0v) is 17.1. The first-order valence-electron chi connectivity index (χ1n) is 10.2. The topological polar surface area (TPSA) is 37.1 Å². The van der Waals surface area contributed by atoms with E-state index in [0.29, 0.717) is 24.8 Å². The molecule has 1 aliphatic heterocycles. The highest BCUT2D eigenvalue weighted by atomic mass is 19.1. The van der Waals surface area contributed by atoms with E-state index < -0.39 is 6.10 Å². The minimum atomic E-state index is -0.514. The number of para-hydroxylation sites is 1. The number of aliphatic hydroxyl groups excluding tert-OH is 1. The summed E-state index contributed by atoms with van der Waals surface area (Å²) in [5.41, 5.74) is 3.22. The van der Waals surface area contributed by atoms with Crippen LogP contribution in [0.2, 0.25) is 0 Å². The number of aliphatic hydroxyl groups is 1. The molecule has 0 amide bonds. The number of nitrogens with zero attached hydrogens (tertiary/aromatic N) is 1. The Labute approximate surface area is 167 Å². The second-order valence-corrected chi connectivity index (χ2v) is 8.03. The Morgan fingerprint density at radius 2 is 1.86 bits per heavy atom. The largest absolute Gasteiger partial charge is 0.491 e. The van der Waals surface area contributed by atoms with Crippen LogP contribution in [0.3, 0.4) is 0 Å². The molecule has 1 saturated heterocycles. The molecule has 152 valence electrons. The Bertz CT molecular complexity index is 773. The zero-order valence-electron chi connectivity index (χ0n) is 17.1. The molecular formula is C23H32FN2O2+. The van der Waals surface area contributed by atoms with Crippen LogP contribution in [-0.4, -0.2) is 50.5 Å². The quantitative estimate of drug-likeness (QED) is 0.766. The van der Waals surface area contributed by atoms with Gasteiger partial charge in [-0.15, -0.1) is 0 Å². The van der Waals surface area contributed by atoms with Crippen LogP contribution in [0, 0.1) is 12.7 Å². The van der Waals surface area contributed by atoms with Crippen molar-refractivity contribution in [3.63, 3.8) is 0 Å². The summed E-state index contributed by atoms with van der Waals surface area (Å²) in [5, 5.41) is 10.4. The summed E-state index contributed by atoms with van der Waals surface area (Å²) < 4.78 is 19.7. The summed E-state index contributed by atoms with van der Waals surface area (Å²) in [7, 11) is 0. The third-order valence-electron chi connectivity index (χ3n) is 5.49. The van der Waals surface area contributed by atoms with E-state index in [-0.39, 0.29) is 5.82 Å². The van der Waals surface area contributed by atoms with Gasteiger partial charge >= 0.3 is 0 Å². The summed E-state index contributed by atoms with van der Waals surface area (Å²) >= 11 is 0. The number of hydrogen-bond donors (Lipinski definition) is 2. The number of quaternary nitrogens is 1. The SMILES string of the molecule is Cc1cc(OC[C@@H](O)C[NH+]2CCN(c3ccccc3F)CC2)ccc1C(C)C. The van der Waals surface area contributed by atoms with Gasteiger partial charge in [-0.3, -0.25) is 0 Å². The predicted molar refractivity (Wildman–Crippen MR) is 111 cm³/mol. The minimum Gasteiger partial charge on any atom is -0.491 e. The predicted octanol–water partition coefficient (Wildman–Crippen LogP) is 2.40. The maximum atomic E-state index is 13.9. The minimum absolute atomic E-state index is 0.168. The Morgan fingerprint density at radius 3 is 2.50 bits per heavy atom. The van der Waals surface area contributed by atoms with Gasteiger partial charge in [0.25, 0.3) is 0 Å². The van der Waals surface area contributed by atoms with Crippen molar-refractivity contribution in [1.82, 2.24) is 0 Å². The third kappa shape index (κ3) is 5.24. The van der Waals surface area contributed by atoms with Gasteiger partial charge in [-0.05, 0) is 48.2 Å². The number of hydrogen-bond acceptors (Lipinski definition) is 3. The molecule has 1 atom stereocenters. The highest BCUT2D eigenvalue weighted by Gasteiger charge is 2.24. The summed E-state index contributed by atoms with van der Waals surface area (Å²) in [5.74, 6) is 1.13. The molecule has 2 N–H and O–H groups in total. The molecule has 0 bridgehead atoms. The maximum absolute atomic E-state index is 13.9. The molecule has 0 radical (unpaired) electrons. The Hall–Kier alpha value is -2.11. The number of aryl methyl sites for hydroxylation is 1. The van der Waals surface area contributed by atoms with Crippen molar-refractivity contribution in [3.8, 4) is 5.75 Å². The second kappa shape index (κ2) is 9.39. The van der Waals surface area contributed by atoms with E-state index in [4.69, 9.17) is 4.74 Å². The molecule has 1 heterocycles. The summed E-state index contributed by atoms with van der Waals surface area (Å²) in [4.78, 5) is 3.41. The summed E-state index contributed by atoms with van der Waals surface area (Å²) in [6.07, 6.45) is -0.514. The molecule has 0 saturated carbocycles. The number of ether oxygens (including phenoxy) is 1. The first-order valence-corrected chi connectivity index (χ1v) is 10.2. The number of anilines is 1. The van der Waals surface area contributed by atoms with Crippen molar-refractivity contribution in [2.45, 2.75) is 32.8 Å². The zero-order chi connectivity index (χ0) is 20.1. The van der Waals surface area contributed by atoms with E-state index >= 15 is 0 Å². The smallest absolute Gasteiger partial charge is 0.146 e. The monoisotopic (exact) mass is 387 g/mol. The highest BCUT2D eigenvalue weighted by molar-refractivity contribution is 5.47. The first kappa shape index (κ1) is 20.6. The van der Waals surface area contributed by atoms with Crippen LogP contribution < -0.4 is 14.5 Å². The van der Waals surface area contributed by atoms with Crippen molar-refractivity contribution in [2.75, 3.05) is 44.2 Å². The third-order valence-corrected chi connectivity index (χ3v) is 5.49. The fourth-order valence-electron chi connectivity index (χ4n) is 3.95. The molecule has 0 aromatic heterocycles. The summed E-state index contributed by atoms with van der Waals surface area (Å²) in [6.45, 7) is 10.7. The molecule has 28 heavy (non-hydrogen) atoms. The molecular weight excluding hydrogens is 355 g/mol. The maximum Gasteiger partial charge on any atom is 0.146 e. The lowest BCUT2D eigenvalue weighted by molar-refractivity contribution is -0.903. The molecule has 1 fully saturated rings. The van der Waals surface area contributed by atoms with Crippen LogP contribution >= 0.6 is 0 Å². The molecule has 2 aromatic rings. The number of nitrogens with one attached hydrogen (secondary N) is 1. The van der Waals surface area contributed by atoms with Crippen molar-refractivity contribution < 1.29 is 19.1 Å². The van der Waals surface area contributed by atoms with Crippen LogP contribution in [0.25, 0.3) is 0 Å². The van der Waals surface area contributed by atoms with Gasteiger partial charge in [-0.25, -0.2) is 4.39 Å². The van der Waals surface area contributed by atoms with E-state index in [1.807, 2.05) is 24.3 Å². The Balaban J connectivity index is 1.44. The first-order chi connectivity index (χ1) is 13.4. The average molecular weight is 388 g/mol. The molecule has 0 spiro atoms. The standard InChI is InChI=1S/C23H31FN2O2/c1-17(2)21-9-8-20(14-18(21)3)28-16-19(27)15-25-10-12-26(13-11-25)23-7-5-4-6-22(23)24/h4-9,14,17,19,27H,10-13,15-16H2,1-3H3/p+1/t19-/m0/s1. The van der Waals surface area contributed by atoms with Crippen molar-refractivity contribution in [2.24, 2.45) is 0 Å². The van der Waals surface area contributed by atoms with Gasteiger partial charge in [0.2, 0.25) is 0 Å². The van der Waals surface area contributed by atoms with Gasteiger partial charge in [-0.1, -0.05) is 32.0 Å². The highest BCUT2D eigenvalue weighted by Crippen LogP contribution is 2.23. The van der Waals surface area contributed by atoms with Gasteiger partial charge in [0.05, 0.1) is 31.9 Å². The van der Waals surface area contributed by atoms with Crippen molar-refractivity contribution in [1.29, 1.82) is 0 Å². The van der Waals surface area contributed by atoms with Gasteiger partial charge in [0, 0.05) is 0 Å². The number of benzene rings is 2. The molecule has 1 aliphatic rings. The Kier molecular flexibility index (Phi) is 6.92. The lowest BCUT2D eigenvalue weighted by Crippen LogP contribution is -3.16. The van der Waals surface area contributed by atoms with Crippen LogP contribution in [0.5, 0.6) is 5.75 Å². The number of halogens is 1. The average Bonchev–Trinajstić information content (AvgIpc) is 2.67. The van der Waals surface area contributed by atoms with Crippen LogP contribution in [-0.2, 0) is 0 Å². The van der Waals surface area contributed by atoms with Crippen molar-refractivity contribution in [3.05, 3.63) is 59.4 Å². The van der Waals surface area contributed by atoms with E-state index in [2.05, 4.69) is 31.7 Å². The Morgan fingerprint density at radius 1 is 1.14 bits per heavy atom. The normalized spacial score (nSPS) is 16.4.